The molecule has 2 aromatic rings. The molecular formula is C20H28ClFN4O. The van der Waals surface area contributed by atoms with E-state index in [1.54, 1.807) is 31.5 Å². The minimum Gasteiger partial charge on any atom is -0.388 e. The van der Waals surface area contributed by atoms with Gasteiger partial charge in [-0.2, -0.15) is 0 Å². The SMILES string of the molecule is CNc1ccc(F)c(C)c1.Cc1cncc(Cl)c1NCC(C)(C)CNC=O. The van der Waals surface area contributed by atoms with E-state index in [0.29, 0.717) is 23.5 Å². The highest BCUT2D eigenvalue weighted by Gasteiger charge is 2.18. The summed E-state index contributed by atoms with van der Waals surface area (Å²) in [6.07, 6.45) is 4.10. The maximum Gasteiger partial charge on any atom is 0.207 e. The smallest absolute Gasteiger partial charge is 0.207 e. The third kappa shape index (κ3) is 7.83. The number of nitrogens with zero attached hydrogens (tertiary/aromatic N) is 1. The van der Waals surface area contributed by atoms with Gasteiger partial charge in [-0.15, -0.1) is 0 Å². The van der Waals surface area contributed by atoms with Crippen molar-refractivity contribution in [2.75, 3.05) is 30.8 Å². The third-order valence-corrected chi connectivity index (χ3v) is 4.23. The average molecular weight is 395 g/mol. The average Bonchev–Trinajstić information content (AvgIpc) is 2.62. The number of nitrogens with one attached hydrogen (secondary N) is 3. The fraction of sp³-hybridized carbons (Fsp3) is 0.400. The molecule has 1 aromatic carbocycles. The normalized spacial score (nSPS) is 10.5. The quantitative estimate of drug-likeness (QED) is 0.609. The molecule has 0 spiro atoms. The first kappa shape index (κ1) is 22.7. The van der Waals surface area contributed by atoms with Gasteiger partial charge in [0.25, 0.3) is 0 Å². The summed E-state index contributed by atoms with van der Waals surface area (Å²) in [6, 6.07) is 4.94. The number of aryl methyl sites for hydroxylation is 2. The van der Waals surface area contributed by atoms with Gasteiger partial charge in [0, 0.05) is 38.2 Å². The van der Waals surface area contributed by atoms with E-state index in [9.17, 15) is 9.18 Å². The summed E-state index contributed by atoms with van der Waals surface area (Å²) in [5.74, 6) is -0.154. The molecule has 0 radical (unpaired) electrons. The van der Waals surface area contributed by atoms with Crippen LogP contribution in [0.3, 0.4) is 0 Å². The highest BCUT2D eigenvalue weighted by Crippen LogP contribution is 2.25. The zero-order valence-electron chi connectivity index (χ0n) is 16.5. The number of benzene rings is 1. The van der Waals surface area contributed by atoms with E-state index < -0.39 is 0 Å². The van der Waals surface area contributed by atoms with Crippen molar-refractivity contribution in [2.24, 2.45) is 5.41 Å². The van der Waals surface area contributed by atoms with Crippen LogP contribution in [0.1, 0.15) is 25.0 Å². The predicted octanol–water partition coefficient (Wildman–Crippen LogP) is 4.40. The molecule has 0 unspecified atom stereocenters. The number of hydrogen-bond acceptors (Lipinski definition) is 4. The number of pyridine rings is 1. The van der Waals surface area contributed by atoms with Gasteiger partial charge in [0.05, 0.1) is 10.7 Å². The Morgan fingerprint density at radius 1 is 1.19 bits per heavy atom. The molecule has 148 valence electrons. The summed E-state index contributed by atoms with van der Waals surface area (Å²) < 4.78 is 12.6. The van der Waals surface area contributed by atoms with Crippen molar-refractivity contribution < 1.29 is 9.18 Å². The Hall–Kier alpha value is -2.34. The Balaban J connectivity index is 0.000000309. The monoisotopic (exact) mass is 394 g/mol. The number of rotatable bonds is 7. The van der Waals surface area contributed by atoms with Crippen LogP contribution in [0.2, 0.25) is 5.02 Å². The predicted molar refractivity (Wildman–Crippen MR) is 111 cm³/mol. The number of anilines is 2. The summed E-state index contributed by atoms with van der Waals surface area (Å²) in [5.41, 5.74) is 3.49. The maximum atomic E-state index is 12.6. The van der Waals surface area contributed by atoms with Crippen LogP contribution >= 0.6 is 11.6 Å². The lowest BCUT2D eigenvalue weighted by atomic mass is 9.93. The molecule has 7 heteroatoms. The van der Waals surface area contributed by atoms with Gasteiger partial charge in [-0.1, -0.05) is 25.4 Å². The van der Waals surface area contributed by atoms with Crippen molar-refractivity contribution in [3.63, 3.8) is 0 Å². The Labute approximate surface area is 165 Å². The van der Waals surface area contributed by atoms with Crippen LogP contribution in [0.4, 0.5) is 15.8 Å². The Bertz CT molecular complexity index is 733. The van der Waals surface area contributed by atoms with Crippen molar-refractivity contribution >= 4 is 29.4 Å². The maximum absolute atomic E-state index is 12.6. The lowest BCUT2D eigenvalue weighted by Gasteiger charge is -2.25. The Morgan fingerprint density at radius 2 is 1.89 bits per heavy atom. The van der Waals surface area contributed by atoms with E-state index >= 15 is 0 Å². The van der Waals surface area contributed by atoms with Gasteiger partial charge in [-0.05, 0) is 48.6 Å². The van der Waals surface area contributed by atoms with Crippen LogP contribution in [-0.4, -0.2) is 31.5 Å². The number of amides is 1. The number of halogens is 2. The van der Waals surface area contributed by atoms with Gasteiger partial charge < -0.3 is 16.0 Å². The molecule has 0 saturated heterocycles. The van der Waals surface area contributed by atoms with Crippen molar-refractivity contribution in [2.45, 2.75) is 27.7 Å². The molecule has 0 fully saturated rings. The molecule has 1 heterocycles. The van der Waals surface area contributed by atoms with E-state index in [0.717, 1.165) is 23.5 Å². The molecule has 0 bridgehead atoms. The van der Waals surface area contributed by atoms with Gasteiger partial charge in [-0.3, -0.25) is 9.78 Å². The molecule has 0 atom stereocenters. The summed E-state index contributed by atoms with van der Waals surface area (Å²) in [7, 11) is 1.81. The fourth-order valence-electron chi connectivity index (χ4n) is 2.26. The van der Waals surface area contributed by atoms with E-state index in [1.165, 1.54) is 6.07 Å². The highest BCUT2D eigenvalue weighted by molar-refractivity contribution is 6.33. The van der Waals surface area contributed by atoms with Crippen LogP contribution in [0.5, 0.6) is 0 Å². The number of aromatic nitrogens is 1. The number of carbonyl (C=O) groups is 1. The van der Waals surface area contributed by atoms with E-state index in [-0.39, 0.29) is 11.2 Å². The zero-order chi connectivity index (χ0) is 20.4. The summed E-state index contributed by atoms with van der Waals surface area (Å²) in [6.45, 7) is 9.18. The summed E-state index contributed by atoms with van der Waals surface area (Å²) in [5, 5.41) is 9.53. The first-order chi connectivity index (χ1) is 12.7. The molecule has 5 nitrogen and oxygen atoms in total. The van der Waals surface area contributed by atoms with Gasteiger partial charge in [0.15, 0.2) is 0 Å². The highest BCUT2D eigenvalue weighted by atomic mass is 35.5. The lowest BCUT2D eigenvalue weighted by Crippen LogP contribution is -2.34. The molecule has 3 N–H and O–H groups in total. The van der Waals surface area contributed by atoms with Gasteiger partial charge >= 0.3 is 0 Å². The van der Waals surface area contributed by atoms with Crippen molar-refractivity contribution in [1.82, 2.24) is 10.3 Å². The minimum absolute atomic E-state index is 0.0417. The van der Waals surface area contributed by atoms with Crippen molar-refractivity contribution in [1.29, 1.82) is 0 Å². The zero-order valence-corrected chi connectivity index (χ0v) is 17.2. The first-order valence-electron chi connectivity index (χ1n) is 8.65. The van der Waals surface area contributed by atoms with Gasteiger partial charge in [-0.25, -0.2) is 4.39 Å². The minimum atomic E-state index is -0.154. The largest absolute Gasteiger partial charge is 0.388 e. The molecular weight excluding hydrogens is 367 g/mol. The number of hydrogen-bond donors (Lipinski definition) is 3. The molecule has 2 rings (SSSR count). The topological polar surface area (TPSA) is 66.1 Å². The molecule has 0 saturated carbocycles. The third-order valence-electron chi connectivity index (χ3n) is 3.94. The molecule has 27 heavy (non-hydrogen) atoms. The van der Waals surface area contributed by atoms with Crippen LogP contribution in [0, 0.1) is 25.1 Å². The van der Waals surface area contributed by atoms with Crippen LogP contribution in [0.15, 0.2) is 30.6 Å². The summed E-state index contributed by atoms with van der Waals surface area (Å²) >= 11 is 6.07. The van der Waals surface area contributed by atoms with Crippen molar-refractivity contribution in [3.8, 4) is 0 Å². The Morgan fingerprint density at radius 3 is 2.44 bits per heavy atom. The van der Waals surface area contributed by atoms with E-state index in [2.05, 4.69) is 34.8 Å². The molecule has 1 amide bonds. The fourth-order valence-corrected chi connectivity index (χ4v) is 2.54. The van der Waals surface area contributed by atoms with E-state index in [1.807, 2.05) is 14.0 Å². The van der Waals surface area contributed by atoms with Crippen LogP contribution in [-0.2, 0) is 4.79 Å². The van der Waals surface area contributed by atoms with Crippen molar-refractivity contribution in [3.05, 3.63) is 52.6 Å². The Kier molecular flexibility index (Phi) is 9.02. The van der Waals surface area contributed by atoms with Gasteiger partial charge in [0.2, 0.25) is 6.41 Å². The second-order valence-corrected chi connectivity index (χ2v) is 7.45. The van der Waals surface area contributed by atoms with Crippen LogP contribution < -0.4 is 16.0 Å². The molecule has 0 aliphatic heterocycles. The molecule has 1 aromatic heterocycles. The van der Waals surface area contributed by atoms with E-state index in [4.69, 9.17) is 11.6 Å². The summed E-state index contributed by atoms with van der Waals surface area (Å²) in [4.78, 5) is 14.3. The first-order valence-corrected chi connectivity index (χ1v) is 9.03. The second-order valence-electron chi connectivity index (χ2n) is 7.04. The second kappa shape index (κ2) is 10.7. The van der Waals surface area contributed by atoms with Crippen LogP contribution in [0.25, 0.3) is 0 Å². The number of carbonyl (C=O) groups excluding carboxylic acids is 1. The lowest BCUT2D eigenvalue weighted by molar-refractivity contribution is -0.109. The van der Waals surface area contributed by atoms with Gasteiger partial charge in [0.1, 0.15) is 5.82 Å². The standard InChI is InChI=1S/C12H18ClN3O.C8H10FN/c1-9-4-14-5-10(13)11(9)16-7-12(2,3)6-15-8-17;1-6-5-7(10-2)3-4-8(6)9/h4-5,8H,6-7H2,1-3H3,(H,14,16)(H,15,17);3-5,10H,1-2H3. The molecule has 0 aliphatic rings. The molecule has 0 aliphatic carbocycles.